The van der Waals surface area contributed by atoms with Gasteiger partial charge in [-0.2, -0.15) is 18.3 Å². The van der Waals surface area contributed by atoms with E-state index in [0.717, 1.165) is 16.8 Å². The maximum absolute atomic E-state index is 12.9. The van der Waals surface area contributed by atoms with Crippen LogP contribution < -0.4 is 5.32 Å². The first-order valence-corrected chi connectivity index (χ1v) is 6.75. The molecular formula is C14H13F3N4O3. The number of alkyl halides is 3. The van der Waals surface area contributed by atoms with Crippen molar-refractivity contribution >= 4 is 17.3 Å². The van der Waals surface area contributed by atoms with Gasteiger partial charge in [-0.3, -0.25) is 19.6 Å². The lowest BCUT2D eigenvalue weighted by Gasteiger charge is -2.13. The van der Waals surface area contributed by atoms with Crippen LogP contribution in [0.5, 0.6) is 0 Å². The summed E-state index contributed by atoms with van der Waals surface area (Å²) in [4.78, 5) is 22.3. The summed E-state index contributed by atoms with van der Waals surface area (Å²) in [6, 6.07) is 4.55. The number of hydrogen-bond acceptors (Lipinski definition) is 4. The van der Waals surface area contributed by atoms with E-state index in [1.165, 1.54) is 26.0 Å². The van der Waals surface area contributed by atoms with Crippen molar-refractivity contribution in [2.24, 2.45) is 0 Å². The number of hydrogen-bond donors (Lipinski definition) is 1. The molecule has 2 aromatic rings. The maximum atomic E-state index is 12.9. The molecule has 0 aliphatic carbocycles. The molecule has 1 N–H and O–H groups in total. The van der Waals surface area contributed by atoms with E-state index in [9.17, 15) is 28.1 Å². The monoisotopic (exact) mass is 342 g/mol. The molecule has 7 nitrogen and oxygen atoms in total. The Morgan fingerprint density at radius 3 is 2.50 bits per heavy atom. The molecule has 0 saturated carbocycles. The van der Waals surface area contributed by atoms with Crippen molar-refractivity contribution in [2.45, 2.75) is 26.6 Å². The zero-order valence-electron chi connectivity index (χ0n) is 12.7. The molecule has 1 aromatic heterocycles. The first-order valence-electron chi connectivity index (χ1n) is 6.75. The largest absolute Gasteiger partial charge is 0.418 e. The number of aromatic nitrogens is 2. The van der Waals surface area contributed by atoms with Gasteiger partial charge in [-0.1, -0.05) is 12.1 Å². The normalized spacial score (nSPS) is 11.4. The van der Waals surface area contributed by atoms with E-state index in [-0.39, 0.29) is 22.8 Å². The number of amides is 1. The summed E-state index contributed by atoms with van der Waals surface area (Å²) in [5.41, 5.74) is -1.31. The number of halogens is 3. The van der Waals surface area contributed by atoms with E-state index in [1.54, 1.807) is 0 Å². The second-order valence-electron chi connectivity index (χ2n) is 5.03. The lowest BCUT2D eigenvalue weighted by molar-refractivity contribution is -0.386. The SMILES string of the molecule is Cc1nn(CC(=O)Nc2ccccc2C(F)(F)F)c(C)c1[N+](=O)[O-]. The topological polar surface area (TPSA) is 90.1 Å². The van der Waals surface area contributed by atoms with Crippen molar-refractivity contribution < 1.29 is 22.9 Å². The standard InChI is InChI=1S/C14H13F3N4O3/c1-8-13(21(23)24)9(2)20(19-8)7-12(22)18-11-6-4-3-5-10(11)14(15,16)17/h3-6H,7H2,1-2H3,(H,18,22). The summed E-state index contributed by atoms with van der Waals surface area (Å²) in [5, 5.41) is 17.0. The Kier molecular flexibility index (Phi) is 4.58. The first kappa shape index (κ1) is 17.4. The lowest BCUT2D eigenvalue weighted by Crippen LogP contribution is -2.22. The lowest BCUT2D eigenvalue weighted by atomic mass is 10.1. The second kappa shape index (κ2) is 6.30. The summed E-state index contributed by atoms with van der Waals surface area (Å²) in [5.74, 6) is -0.771. The van der Waals surface area contributed by atoms with Gasteiger partial charge in [-0.15, -0.1) is 0 Å². The highest BCUT2D eigenvalue weighted by Gasteiger charge is 2.33. The zero-order chi connectivity index (χ0) is 18.1. The fourth-order valence-corrected chi connectivity index (χ4v) is 2.27. The Bertz CT molecular complexity index is 799. The summed E-state index contributed by atoms with van der Waals surface area (Å²) in [6.45, 7) is 2.39. The van der Waals surface area contributed by atoms with Crippen LogP contribution in [-0.4, -0.2) is 20.6 Å². The number of nitro groups is 1. The van der Waals surface area contributed by atoms with Gasteiger partial charge in [0.2, 0.25) is 5.91 Å². The van der Waals surface area contributed by atoms with E-state index in [1.807, 2.05) is 0 Å². The molecule has 24 heavy (non-hydrogen) atoms. The van der Waals surface area contributed by atoms with Gasteiger partial charge in [0.05, 0.1) is 16.2 Å². The molecule has 2 rings (SSSR count). The van der Waals surface area contributed by atoms with Gasteiger partial charge < -0.3 is 5.32 Å². The molecule has 1 heterocycles. The van der Waals surface area contributed by atoms with Crippen LogP contribution in [0, 0.1) is 24.0 Å². The molecule has 128 valence electrons. The van der Waals surface area contributed by atoms with E-state index in [2.05, 4.69) is 10.4 Å². The van der Waals surface area contributed by atoms with Gasteiger partial charge in [0.15, 0.2) is 0 Å². The third kappa shape index (κ3) is 3.53. The maximum Gasteiger partial charge on any atom is 0.418 e. The van der Waals surface area contributed by atoms with Gasteiger partial charge in [-0.25, -0.2) is 0 Å². The number of carbonyl (C=O) groups is 1. The van der Waals surface area contributed by atoms with Crippen LogP contribution >= 0.6 is 0 Å². The van der Waals surface area contributed by atoms with Crippen LogP contribution in [0.15, 0.2) is 24.3 Å². The molecule has 0 fully saturated rings. The summed E-state index contributed by atoms with van der Waals surface area (Å²) >= 11 is 0. The molecule has 0 spiro atoms. The third-order valence-corrected chi connectivity index (χ3v) is 3.33. The Morgan fingerprint density at radius 1 is 1.33 bits per heavy atom. The van der Waals surface area contributed by atoms with Crippen LogP contribution in [0.3, 0.4) is 0 Å². The van der Waals surface area contributed by atoms with Crippen molar-refractivity contribution in [2.75, 3.05) is 5.32 Å². The zero-order valence-corrected chi connectivity index (χ0v) is 12.7. The Balaban J connectivity index is 2.22. The van der Waals surface area contributed by atoms with Crippen molar-refractivity contribution in [3.8, 4) is 0 Å². The number of nitrogens with one attached hydrogen (secondary N) is 1. The Hall–Kier alpha value is -2.91. The Labute approximate surface area is 134 Å². The minimum absolute atomic E-state index is 0.126. The van der Waals surface area contributed by atoms with Crippen LogP contribution in [0.2, 0.25) is 0 Å². The number of anilines is 1. The first-order chi connectivity index (χ1) is 11.1. The Morgan fingerprint density at radius 2 is 1.96 bits per heavy atom. The fourth-order valence-electron chi connectivity index (χ4n) is 2.27. The number of carbonyl (C=O) groups excluding carboxylic acids is 1. The fraction of sp³-hybridized carbons (Fsp3) is 0.286. The van der Waals surface area contributed by atoms with Crippen LogP contribution in [0.25, 0.3) is 0 Å². The molecular weight excluding hydrogens is 329 g/mol. The van der Waals surface area contributed by atoms with Crippen LogP contribution in [0.1, 0.15) is 17.0 Å². The number of rotatable bonds is 4. The van der Waals surface area contributed by atoms with Gasteiger partial charge in [-0.05, 0) is 26.0 Å². The predicted octanol–water partition coefficient (Wildman–Crippen LogP) is 3.07. The van der Waals surface area contributed by atoms with Gasteiger partial charge >= 0.3 is 11.9 Å². The molecule has 0 saturated heterocycles. The minimum atomic E-state index is -4.61. The highest BCUT2D eigenvalue weighted by atomic mass is 19.4. The van der Waals surface area contributed by atoms with Crippen LogP contribution in [-0.2, 0) is 17.5 Å². The van der Waals surface area contributed by atoms with Crippen molar-refractivity contribution in [1.29, 1.82) is 0 Å². The molecule has 0 aliphatic heterocycles. The van der Waals surface area contributed by atoms with Gasteiger partial charge in [0.25, 0.3) is 0 Å². The minimum Gasteiger partial charge on any atom is -0.324 e. The average Bonchev–Trinajstić information content (AvgIpc) is 2.72. The predicted molar refractivity (Wildman–Crippen MR) is 78.4 cm³/mol. The number of nitrogens with zero attached hydrogens (tertiary/aromatic N) is 3. The summed E-state index contributed by atoms with van der Waals surface area (Å²) in [6.07, 6.45) is -4.61. The molecule has 1 amide bonds. The van der Waals surface area contributed by atoms with Crippen molar-refractivity contribution in [3.63, 3.8) is 0 Å². The van der Waals surface area contributed by atoms with Crippen molar-refractivity contribution in [3.05, 3.63) is 51.3 Å². The van der Waals surface area contributed by atoms with Crippen molar-refractivity contribution in [1.82, 2.24) is 9.78 Å². The number of aryl methyl sites for hydroxylation is 1. The second-order valence-corrected chi connectivity index (χ2v) is 5.03. The third-order valence-electron chi connectivity index (χ3n) is 3.33. The van der Waals surface area contributed by atoms with Gasteiger partial charge in [0.1, 0.15) is 17.9 Å². The number of benzene rings is 1. The molecule has 0 aliphatic rings. The van der Waals surface area contributed by atoms with E-state index >= 15 is 0 Å². The quantitative estimate of drug-likeness (QED) is 0.683. The number of para-hydroxylation sites is 1. The summed E-state index contributed by atoms with van der Waals surface area (Å²) < 4.78 is 39.8. The highest BCUT2D eigenvalue weighted by Crippen LogP contribution is 2.34. The average molecular weight is 342 g/mol. The molecule has 1 aromatic carbocycles. The van der Waals surface area contributed by atoms with E-state index < -0.39 is 29.1 Å². The van der Waals surface area contributed by atoms with E-state index in [4.69, 9.17) is 0 Å². The van der Waals surface area contributed by atoms with Crippen LogP contribution in [0.4, 0.5) is 24.5 Å². The molecule has 0 unspecified atom stereocenters. The summed E-state index contributed by atoms with van der Waals surface area (Å²) in [7, 11) is 0. The van der Waals surface area contributed by atoms with Gasteiger partial charge in [0, 0.05) is 0 Å². The molecule has 0 atom stereocenters. The van der Waals surface area contributed by atoms with E-state index in [0.29, 0.717) is 0 Å². The molecule has 0 radical (unpaired) electrons. The molecule has 10 heteroatoms. The highest BCUT2D eigenvalue weighted by molar-refractivity contribution is 5.91. The smallest absolute Gasteiger partial charge is 0.324 e. The molecule has 0 bridgehead atoms.